The zero-order valence-corrected chi connectivity index (χ0v) is 10.4. The Labute approximate surface area is 106 Å². The Kier molecular flexibility index (Phi) is 4.41. The van der Waals surface area contributed by atoms with Crippen molar-refractivity contribution in [2.24, 2.45) is 5.92 Å². The van der Waals surface area contributed by atoms with Crippen LogP contribution < -0.4 is 5.32 Å². The van der Waals surface area contributed by atoms with Crippen molar-refractivity contribution in [1.29, 1.82) is 0 Å². The first-order valence-electron chi connectivity index (χ1n) is 6.50. The van der Waals surface area contributed by atoms with Gasteiger partial charge in [-0.25, -0.2) is 4.79 Å². The zero-order chi connectivity index (χ0) is 13.0. The van der Waals surface area contributed by atoms with E-state index in [-0.39, 0.29) is 24.4 Å². The monoisotopic (exact) mass is 256 g/mol. The number of amides is 2. The van der Waals surface area contributed by atoms with Crippen molar-refractivity contribution < 1.29 is 19.4 Å². The molecule has 2 heterocycles. The first-order chi connectivity index (χ1) is 8.65. The number of ether oxygens (including phenoxy) is 1. The van der Waals surface area contributed by atoms with Gasteiger partial charge in [0.2, 0.25) is 0 Å². The molecule has 2 atom stereocenters. The first-order valence-corrected chi connectivity index (χ1v) is 6.50. The molecule has 102 valence electrons. The quantitative estimate of drug-likeness (QED) is 0.778. The van der Waals surface area contributed by atoms with Gasteiger partial charge in [0, 0.05) is 26.1 Å². The summed E-state index contributed by atoms with van der Waals surface area (Å²) < 4.78 is 5.21. The maximum atomic E-state index is 12.0. The number of carboxylic acids is 1. The van der Waals surface area contributed by atoms with Crippen LogP contribution in [0.3, 0.4) is 0 Å². The number of hydrogen-bond acceptors (Lipinski definition) is 3. The molecule has 0 aromatic heterocycles. The van der Waals surface area contributed by atoms with Gasteiger partial charge in [0.15, 0.2) is 0 Å². The van der Waals surface area contributed by atoms with Gasteiger partial charge in [-0.2, -0.15) is 0 Å². The molecule has 18 heavy (non-hydrogen) atoms. The van der Waals surface area contributed by atoms with E-state index in [1.807, 2.05) is 0 Å². The molecule has 2 amide bonds. The Morgan fingerprint density at radius 3 is 2.89 bits per heavy atom. The molecule has 2 unspecified atom stereocenters. The van der Waals surface area contributed by atoms with Gasteiger partial charge in [-0.1, -0.05) is 0 Å². The van der Waals surface area contributed by atoms with Gasteiger partial charge in [-0.3, -0.25) is 4.79 Å². The van der Waals surface area contributed by atoms with E-state index in [0.717, 1.165) is 25.8 Å². The molecule has 0 spiro atoms. The van der Waals surface area contributed by atoms with Gasteiger partial charge in [-0.15, -0.1) is 0 Å². The fourth-order valence-electron chi connectivity index (χ4n) is 2.58. The highest BCUT2D eigenvalue weighted by Crippen LogP contribution is 2.19. The second kappa shape index (κ2) is 6.04. The molecule has 0 bridgehead atoms. The lowest BCUT2D eigenvalue weighted by atomic mass is 9.95. The van der Waals surface area contributed by atoms with E-state index in [1.165, 1.54) is 0 Å². The third-order valence-corrected chi connectivity index (χ3v) is 3.53. The van der Waals surface area contributed by atoms with Crippen LogP contribution in [0, 0.1) is 5.92 Å². The van der Waals surface area contributed by atoms with Gasteiger partial charge in [0.25, 0.3) is 0 Å². The highest BCUT2D eigenvalue weighted by molar-refractivity contribution is 5.75. The number of likely N-dealkylation sites (tertiary alicyclic amines) is 1. The second-order valence-corrected chi connectivity index (χ2v) is 5.06. The lowest BCUT2D eigenvalue weighted by molar-refractivity contribution is -0.138. The topological polar surface area (TPSA) is 78.9 Å². The molecule has 2 aliphatic heterocycles. The molecule has 0 saturated carbocycles. The predicted octanol–water partition coefficient (Wildman–Crippen LogP) is 0.672. The maximum absolute atomic E-state index is 12.0. The Hall–Kier alpha value is -1.30. The van der Waals surface area contributed by atoms with Crippen molar-refractivity contribution >= 4 is 12.0 Å². The van der Waals surface area contributed by atoms with Crippen LogP contribution in [0.5, 0.6) is 0 Å². The third-order valence-electron chi connectivity index (χ3n) is 3.53. The second-order valence-electron chi connectivity index (χ2n) is 5.06. The largest absolute Gasteiger partial charge is 0.481 e. The number of rotatable bonds is 3. The molecule has 0 radical (unpaired) electrons. The van der Waals surface area contributed by atoms with Crippen LogP contribution in [-0.2, 0) is 9.53 Å². The molecular formula is C12H20N2O4. The van der Waals surface area contributed by atoms with E-state index >= 15 is 0 Å². The summed E-state index contributed by atoms with van der Waals surface area (Å²) in [6, 6.07) is 0.0259. The van der Waals surface area contributed by atoms with Gasteiger partial charge in [0.1, 0.15) is 0 Å². The van der Waals surface area contributed by atoms with Crippen molar-refractivity contribution in [3.63, 3.8) is 0 Å². The Morgan fingerprint density at radius 2 is 2.22 bits per heavy atom. The number of piperidine rings is 1. The van der Waals surface area contributed by atoms with Crippen LogP contribution >= 0.6 is 0 Å². The summed E-state index contributed by atoms with van der Waals surface area (Å²) in [5.74, 6) is -0.701. The third kappa shape index (κ3) is 3.60. The van der Waals surface area contributed by atoms with E-state index in [0.29, 0.717) is 19.8 Å². The minimum atomic E-state index is -0.786. The highest BCUT2D eigenvalue weighted by atomic mass is 16.5. The van der Waals surface area contributed by atoms with Crippen LogP contribution in [0.2, 0.25) is 0 Å². The van der Waals surface area contributed by atoms with Crippen LogP contribution in [-0.4, -0.2) is 54.4 Å². The SMILES string of the molecule is O=C(O)CC1CCCN(C(=O)NC2CCOC2)C1. The fourth-order valence-corrected chi connectivity index (χ4v) is 2.58. The van der Waals surface area contributed by atoms with Crippen molar-refractivity contribution in [3.8, 4) is 0 Å². The molecule has 6 heteroatoms. The molecule has 0 aliphatic carbocycles. The molecule has 2 rings (SSSR count). The molecule has 2 fully saturated rings. The average molecular weight is 256 g/mol. The van der Waals surface area contributed by atoms with E-state index in [4.69, 9.17) is 9.84 Å². The summed E-state index contributed by atoms with van der Waals surface area (Å²) in [5, 5.41) is 11.7. The number of carbonyl (C=O) groups excluding carboxylic acids is 1. The van der Waals surface area contributed by atoms with Crippen LogP contribution in [0.25, 0.3) is 0 Å². The van der Waals surface area contributed by atoms with Gasteiger partial charge < -0.3 is 20.1 Å². The van der Waals surface area contributed by atoms with Crippen molar-refractivity contribution in [1.82, 2.24) is 10.2 Å². The number of carboxylic acid groups (broad SMARTS) is 1. The molecule has 0 aromatic carbocycles. The Morgan fingerprint density at radius 1 is 1.39 bits per heavy atom. The number of urea groups is 1. The molecule has 2 N–H and O–H groups in total. The van der Waals surface area contributed by atoms with Crippen molar-refractivity contribution in [2.45, 2.75) is 31.7 Å². The summed E-state index contributed by atoms with van der Waals surface area (Å²) in [4.78, 5) is 24.4. The minimum absolute atomic E-state index is 0.0828. The first kappa shape index (κ1) is 13.1. The maximum Gasteiger partial charge on any atom is 0.317 e. The van der Waals surface area contributed by atoms with Crippen molar-refractivity contribution in [2.75, 3.05) is 26.3 Å². The molecule has 2 saturated heterocycles. The van der Waals surface area contributed by atoms with Crippen LogP contribution in [0.15, 0.2) is 0 Å². The van der Waals surface area contributed by atoms with E-state index < -0.39 is 5.97 Å². The summed E-state index contributed by atoms with van der Waals surface area (Å²) in [6.45, 7) is 2.55. The molecule has 0 aromatic rings. The summed E-state index contributed by atoms with van der Waals surface area (Å²) in [6.07, 6.45) is 2.78. The number of carbonyl (C=O) groups is 2. The number of hydrogen-bond donors (Lipinski definition) is 2. The molecule has 2 aliphatic rings. The predicted molar refractivity (Wildman–Crippen MR) is 64.3 cm³/mol. The summed E-state index contributed by atoms with van der Waals surface area (Å²) in [5.41, 5.74) is 0. The standard InChI is InChI=1S/C12H20N2O4/c15-11(16)6-9-2-1-4-14(7-9)12(17)13-10-3-5-18-8-10/h9-10H,1-8H2,(H,13,17)(H,15,16). The zero-order valence-electron chi connectivity index (χ0n) is 10.4. The van der Waals surface area contributed by atoms with Crippen LogP contribution in [0.4, 0.5) is 4.79 Å². The summed E-state index contributed by atoms with van der Waals surface area (Å²) in [7, 11) is 0. The fraction of sp³-hybridized carbons (Fsp3) is 0.833. The molecular weight excluding hydrogens is 236 g/mol. The smallest absolute Gasteiger partial charge is 0.317 e. The van der Waals surface area contributed by atoms with Gasteiger partial charge >= 0.3 is 12.0 Å². The minimum Gasteiger partial charge on any atom is -0.481 e. The van der Waals surface area contributed by atoms with Gasteiger partial charge in [-0.05, 0) is 25.2 Å². The van der Waals surface area contributed by atoms with Gasteiger partial charge in [0.05, 0.1) is 12.6 Å². The van der Waals surface area contributed by atoms with Crippen molar-refractivity contribution in [3.05, 3.63) is 0 Å². The highest BCUT2D eigenvalue weighted by Gasteiger charge is 2.27. The van der Waals surface area contributed by atoms with E-state index in [1.54, 1.807) is 4.90 Å². The summed E-state index contributed by atoms with van der Waals surface area (Å²) >= 11 is 0. The average Bonchev–Trinajstić information content (AvgIpc) is 2.81. The molecule has 6 nitrogen and oxygen atoms in total. The lowest BCUT2D eigenvalue weighted by Crippen LogP contribution is -2.49. The lowest BCUT2D eigenvalue weighted by Gasteiger charge is -2.32. The Bertz CT molecular complexity index is 315. The van der Waals surface area contributed by atoms with E-state index in [2.05, 4.69) is 5.32 Å². The number of nitrogens with zero attached hydrogens (tertiary/aromatic N) is 1. The normalized spacial score (nSPS) is 28.1. The van der Waals surface area contributed by atoms with E-state index in [9.17, 15) is 9.59 Å². The number of aliphatic carboxylic acids is 1. The van der Waals surface area contributed by atoms with Crippen LogP contribution in [0.1, 0.15) is 25.7 Å². The number of nitrogens with one attached hydrogen (secondary N) is 1. The Balaban J connectivity index is 1.79.